The van der Waals surface area contributed by atoms with Crippen molar-refractivity contribution in [1.29, 1.82) is 0 Å². The maximum atomic E-state index is 10.5. The molecule has 1 N–H and O–H groups in total. The molecule has 0 spiro atoms. The summed E-state index contributed by atoms with van der Waals surface area (Å²) in [5, 5.41) is 15.1. The van der Waals surface area contributed by atoms with Crippen LogP contribution in [-0.2, 0) is 6.42 Å². The molecule has 0 amide bonds. The highest BCUT2D eigenvalue weighted by molar-refractivity contribution is 5.02. The Labute approximate surface area is 129 Å². The summed E-state index contributed by atoms with van der Waals surface area (Å²) in [5.74, 6) is 1.26. The molecule has 0 aliphatic heterocycles. The van der Waals surface area contributed by atoms with Crippen LogP contribution in [0.5, 0.6) is 0 Å². The SMILES string of the molecule is CC(C)n1ccc(CC(O)C2CCC(C(C)(C)C)CC2)n1. The van der Waals surface area contributed by atoms with Crippen LogP contribution < -0.4 is 0 Å². The van der Waals surface area contributed by atoms with Crippen LogP contribution >= 0.6 is 0 Å². The van der Waals surface area contributed by atoms with Gasteiger partial charge in [-0.3, -0.25) is 4.68 Å². The molecule has 2 rings (SSSR count). The van der Waals surface area contributed by atoms with Crippen molar-refractivity contribution in [2.75, 3.05) is 0 Å². The van der Waals surface area contributed by atoms with Crippen molar-refractivity contribution in [3.05, 3.63) is 18.0 Å². The van der Waals surface area contributed by atoms with Gasteiger partial charge in [-0.05, 0) is 62.8 Å². The van der Waals surface area contributed by atoms with Crippen molar-refractivity contribution >= 4 is 0 Å². The average Bonchev–Trinajstić information content (AvgIpc) is 2.86. The molecule has 3 nitrogen and oxygen atoms in total. The van der Waals surface area contributed by atoms with Gasteiger partial charge >= 0.3 is 0 Å². The van der Waals surface area contributed by atoms with Crippen molar-refractivity contribution in [1.82, 2.24) is 9.78 Å². The van der Waals surface area contributed by atoms with Gasteiger partial charge in [0.05, 0.1) is 11.8 Å². The third-order valence-corrected chi connectivity index (χ3v) is 5.15. The van der Waals surface area contributed by atoms with Crippen molar-refractivity contribution in [2.45, 2.75) is 78.9 Å². The number of rotatable bonds is 4. The Hall–Kier alpha value is -0.830. The van der Waals surface area contributed by atoms with Crippen LogP contribution in [0.2, 0.25) is 0 Å². The van der Waals surface area contributed by atoms with Crippen LogP contribution in [-0.4, -0.2) is 21.0 Å². The predicted molar refractivity (Wildman–Crippen MR) is 87.2 cm³/mol. The Balaban J connectivity index is 1.85. The first kappa shape index (κ1) is 16.5. The van der Waals surface area contributed by atoms with Crippen molar-refractivity contribution in [2.24, 2.45) is 17.3 Å². The van der Waals surface area contributed by atoms with Crippen LogP contribution in [0, 0.1) is 17.3 Å². The lowest BCUT2D eigenvalue weighted by Gasteiger charge is -2.38. The molecule has 1 heterocycles. The molecule has 21 heavy (non-hydrogen) atoms. The van der Waals surface area contributed by atoms with E-state index in [4.69, 9.17) is 0 Å². The van der Waals surface area contributed by atoms with E-state index >= 15 is 0 Å². The summed E-state index contributed by atoms with van der Waals surface area (Å²) in [6.07, 6.45) is 7.31. The summed E-state index contributed by atoms with van der Waals surface area (Å²) < 4.78 is 1.97. The van der Waals surface area contributed by atoms with Gasteiger partial charge in [0, 0.05) is 18.7 Å². The molecule has 1 atom stereocenters. The van der Waals surface area contributed by atoms with Gasteiger partial charge in [0.25, 0.3) is 0 Å². The van der Waals surface area contributed by atoms with E-state index < -0.39 is 0 Å². The molecule has 1 saturated carbocycles. The van der Waals surface area contributed by atoms with Crippen LogP contribution in [0.4, 0.5) is 0 Å². The highest BCUT2D eigenvalue weighted by atomic mass is 16.3. The maximum absolute atomic E-state index is 10.5. The lowest BCUT2D eigenvalue weighted by Crippen LogP contribution is -2.31. The Morgan fingerprint density at radius 3 is 2.33 bits per heavy atom. The second-order valence-electron chi connectivity index (χ2n) is 8.13. The van der Waals surface area contributed by atoms with E-state index in [0.717, 1.165) is 24.5 Å². The second-order valence-corrected chi connectivity index (χ2v) is 8.13. The maximum Gasteiger partial charge on any atom is 0.0650 e. The highest BCUT2D eigenvalue weighted by Gasteiger charge is 2.32. The quantitative estimate of drug-likeness (QED) is 0.902. The number of aliphatic hydroxyl groups is 1. The molecule has 0 radical (unpaired) electrons. The molecular formula is C18H32N2O. The van der Waals surface area contributed by atoms with Gasteiger partial charge in [0.15, 0.2) is 0 Å². The van der Waals surface area contributed by atoms with Crippen LogP contribution in [0.15, 0.2) is 12.3 Å². The molecule has 0 bridgehead atoms. The highest BCUT2D eigenvalue weighted by Crippen LogP contribution is 2.40. The molecular weight excluding hydrogens is 260 g/mol. The standard InChI is InChI=1S/C18H32N2O/c1-13(2)20-11-10-16(19-20)12-17(21)14-6-8-15(9-7-14)18(3,4)5/h10-11,13-15,17,21H,6-9,12H2,1-5H3. The number of hydrogen-bond acceptors (Lipinski definition) is 2. The average molecular weight is 292 g/mol. The molecule has 1 aromatic rings. The molecule has 0 aromatic carbocycles. The Morgan fingerprint density at radius 1 is 1.24 bits per heavy atom. The summed E-state index contributed by atoms with van der Waals surface area (Å²) in [5.41, 5.74) is 1.43. The fourth-order valence-electron chi connectivity index (χ4n) is 3.52. The van der Waals surface area contributed by atoms with Crippen LogP contribution in [0.25, 0.3) is 0 Å². The van der Waals surface area contributed by atoms with E-state index in [-0.39, 0.29) is 6.10 Å². The molecule has 1 aliphatic rings. The number of nitrogens with zero attached hydrogens (tertiary/aromatic N) is 2. The summed E-state index contributed by atoms with van der Waals surface area (Å²) in [6, 6.07) is 2.43. The fourth-order valence-corrected chi connectivity index (χ4v) is 3.52. The molecule has 120 valence electrons. The minimum Gasteiger partial charge on any atom is -0.392 e. The van der Waals surface area contributed by atoms with E-state index in [1.54, 1.807) is 0 Å². The number of hydrogen-bond donors (Lipinski definition) is 1. The fraction of sp³-hybridized carbons (Fsp3) is 0.833. The van der Waals surface area contributed by atoms with Gasteiger partial charge in [0.2, 0.25) is 0 Å². The minimum atomic E-state index is -0.235. The van der Waals surface area contributed by atoms with Crippen molar-refractivity contribution in [3.8, 4) is 0 Å². The normalized spacial score (nSPS) is 25.3. The third-order valence-electron chi connectivity index (χ3n) is 5.15. The van der Waals surface area contributed by atoms with Crippen LogP contribution in [0.1, 0.15) is 72.0 Å². The van der Waals surface area contributed by atoms with E-state index in [2.05, 4.69) is 39.7 Å². The van der Waals surface area contributed by atoms with Gasteiger partial charge in [-0.15, -0.1) is 0 Å². The number of aliphatic hydroxyl groups excluding tert-OH is 1. The Morgan fingerprint density at radius 2 is 1.86 bits per heavy atom. The van der Waals surface area contributed by atoms with Gasteiger partial charge in [-0.2, -0.15) is 5.10 Å². The summed E-state index contributed by atoms with van der Waals surface area (Å²) in [6.45, 7) is 11.3. The third kappa shape index (κ3) is 4.32. The summed E-state index contributed by atoms with van der Waals surface area (Å²) in [7, 11) is 0. The lowest BCUT2D eigenvalue weighted by atomic mass is 9.68. The predicted octanol–water partition coefficient (Wildman–Crippen LogP) is 4.22. The molecule has 0 saturated heterocycles. The molecule has 1 fully saturated rings. The largest absolute Gasteiger partial charge is 0.392 e. The monoisotopic (exact) mass is 292 g/mol. The van der Waals surface area contributed by atoms with Crippen molar-refractivity contribution < 1.29 is 5.11 Å². The zero-order valence-electron chi connectivity index (χ0n) is 14.3. The zero-order chi connectivity index (χ0) is 15.6. The van der Waals surface area contributed by atoms with Crippen molar-refractivity contribution in [3.63, 3.8) is 0 Å². The van der Waals surface area contributed by atoms with Gasteiger partial charge in [-0.1, -0.05) is 20.8 Å². The van der Waals surface area contributed by atoms with E-state index in [9.17, 15) is 5.11 Å². The first-order valence-electron chi connectivity index (χ1n) is 8.49. The summed E-state index contributed by atoms with van der Waals surface area (Å²) in [4.78, 5) is 0. The molecule has 1 aromatic heterocycles. The van der Waals surface area contributed by atoms with E-state index in [1.165, 1.54) is 12.8 Å². The smallest absolute Gasteiger partial charge is 0.0650 e. The first-order chi connectivity index (χ1) is 9.77. The van der Waals surface area contributed by atoms with Crippen LogP contribution in [0.3, 0.4) is 0 Å². The topological polar surface area (TPSA) is 38.0 Å². The van der Waals surface area contributed by atoms with Gasteiger partial charge < -0.3 is 5.11 Å². The molecule has 1 aliphatic carbocycles. The lowest BCUT2D eigenvalue weighted by molar-refractivity contribution is 0.0530. The van der Waals surface area contributed by atoms with E-state index in [1.807, 2.05) is 16.9 Å². The Kier molecular flexibility index (Phi) is 5.13. The van der Waals surface area contributed by atoms with Gasteiger partial charge in [-0.25, -0.2) is 0 Å². The van der Waals surface area contributed by atoms with E-state index in [0.29, 0.717) is 23.8 Å². The minimum absolute atomic E-state index is 0.235. The zero-order valence-corrected chi connectivity index (χ0v) is 14.3. The number of aromatic nitrogens is 2. The Bertz CT molecular complexity index is 436. The van der Waals surface area contributed by atoms with Gasteiger partial charge in [0.1, 0.15) is 0 Å². The molecule has 3 heteroatoms. The first-order valence-corrected chi connectivity index (χ1v) is 8.49. The molecule has 1 unspecified atom stereocenters. The second kappa shape index (κ2) is 6.51. The summed E-state index contributed by atoms with van der Waals surface area (Å²) >= 11 is 0.